The molecule has 1 aromatic carbocycles. The topological polar surface area (TPSA) is 63.4 Å². The first-order valence-electron chi connectivity index (χ1n) is 9.46. The maximum absolute atomic E-state index is 13.2. The summed E-state index contributed by atoms with van der Waals surface area (Å²) < 4.78 is 2.44. The summed E-state index contributed by atoms with van der Waals surface area (Å²) in [5, 5.41) is 4.43. The summed E-state index contributed by atoms with van der Waals surface area (Å²) in [5.74, 6) is -0.0726. The monoisotopic (exact) mass is 447 g/mol. The quantitative estimate of drug-likeness (QED) is 0.459. The third-order valence-corrected chi connectivity index (χ3v) is 5.88. The van der Waals surface area contributed by atoms with Crippen LogP contribution in [0, 0.1) is 0 Å². The summed E-state index contributed by atoms with van der Waals surface area (Å²) in [6.45, 7) is 2.73. The number of carbonyl (C=O) groups excluding carboxylic acids is 1. The second-order valence-corrected chi connectivity index (χ2v) is 8.06. The average molecular weight is 448 g/mol. The van der Waals surface area contributed by atoms with Gasteiger partial charge in [0.15, 0.2) is 11.3 Å². The molecule has 0 spiro atoms. The van der Waals surface area contributed by atoms with Crippen LogP contribution < -0.4 is 0 Å². The van der Waals surface area contributed by atoms with Gasteiger partial charge in [0.2, 0.25) is 0 Å². The fourth-order valence-electron chi connectivity index (χ4n) is 4.04. The van der Waals surface area contributed by atoms with Gasteiger partial charge in [-0.3, -0.25) is 9.78 Å². The highest BCUT2D eigenvalue weighted by Gasteiger charge is 2.31. The molecule has 3 aromatic heterocycles. The van der Waals surface area contributed by atoms with E-state index in [-0.39, 0.29) is 11.9 Å². The molecule has 4 aromatic rings. The molecule has 29 heavy (non-hydrogen) atoms. The Labute approximate surface area is 176 Å². The number of rotatable bonds is 2. The fourth-order valence-corrected chi connectivity index (χ4v) is 4.34. The Balaban J connectivity index is 1.49. The van der Waals surface area contributed by atoms with Gasteiger partial charge in [0.1, 0.15) is 0 Å². The summed E-state index contributed by atoms with van der Waals surface area (Å²) >= 11 is 3.39. The van der Waals surface area contributed by atoms with Gasteiger partial charge in [0.05, 0.1) is 10.5 Å². The summed E-state index contributed by atoms with van der Waals surface area (Å²) in [5.41, 5.74) is 5.83. The van der Waals surface area contributed by atoms with Gasteiger partial charge in [-0.05, 0) is 52.0 Å². The maximum atomic E-state index is 13.2. The molecule has 0 radical (unpaired) electrons. The van der Waals surface area contributed by atoms with Crippen molar-refractivity contribution in [3.63, 3.8) is 0 Å². The van der Waals surface area contributed by atoms with E-state index in [2.05, 4.69) is 62.2 Å². The Kier molecular flexibility index (Phi) is 4.39. The van der Waals surface area contributed by atoms with Crippen LogP contribution in [0.1, 0.15) is 34.6 Å². The summed E-state index contributed by atoms with van der Waals surface area (Å²) in [4.78, 5) is 23.7. The molecule has 4 heterocycles. The second kappa shape index (κ2) is 7.08. The summed E-state index contributed by atoms with van der Waals surface area (Å²) in [6, 6.07) is 12.0. The highest BCUT2D eigenvalue weighted by atomic mass is 79.9. The number of nitrogens with zero attached hydrogens (tertiary/aromatic N) is 5. The van der Waals surface area contributed by atoms with Gasteiger partial charge in [-0.2, -0.15) is 5.10 Å². The first-order valence-corrected chi connectivity index (χ1v) is 10.3. The van der Waals surface area contributed by atoms with Crippen LogP contribution in [0.25, 0.3) is 16.8 Å². The first kappa shape index (κ1) is 18.0. The number of carbonyl (C=O) groups is 1. The zero-order valence-corrected chi connectivity index (χ0v) is 17.4. The lowest BCUT2D eigenvalue weighted by molar-refractivity contribution is 0.0671. The van der Waals surface area contributed by atoms with E-state index in [0.29, 0.717) is 17.9 Å². The van der Waals surface area contributed by atoms with E-state index >= 15 is 0 Å². The van der Waals surface area contributed by atoms with Crippen molar-refractivity contribution in [2.24, 2.45) is 0 Å². The van der Waals surface area contributed by atoms with E-state index in [1.165, 1.54) is 16.7 Å². The van der Waals surface area contributed by atoms with Gasteiger partial charge in [-0.1, -0.05) is 24.3 Å². The highest BCUT2D eigenvalue weighted by Crippen LogP contribution is 2.36. The van der Waals surface area contributed by atoms with Crippen LogP contribution in [-0.2, 0) is 6.42 Å². The highest BCUT2D eigenvalue weighted by molar-refractivity contribution is 9.10. The average Bonchev–Trinajstić information content (AvgIpc) is 3.17. The van der Waals surface area contributed by atoms with Crippen LogP contribution in [0.4, 0.5) is 0 Å². The standard InChI is InChI=1S/C22H18BrN5O/c1-14-17-5-2-6-18(15-4-3-8-24-11-15)19(17)7-9-27(14)22(29)20-10-21-25-12-16(23)13-28(21)26-20/h2-6,8,10-14H,7,9H2,1H3. The number of hydrogen-bond acceptors (Lipinski definition) is 4. The van der Waals surface area contributed by atoms with Crippen molar-refractivity contribution in [1.82, 2.24) is 24.5 Å². The molecule has 0 saturated heterocycles. The largest absolute Gasteiger partial charge is 0.330 e. The molecule has 5 rings (SSSR count). The predicted molar refractivity (Wildman–Crippen MR) is 114 cm³/mol. The van der Waals surface area contributed by atoms with Crippen molar-refractivity contribution in [3.8, 4) is 11.1 Å². The molecule has 0 fully saturated rings. The Morgan fingerprint density at radius 1 is 1.21 bits per heavy atom. The number of halogens is 1. The van der Waals surface area contributed by atoms with E-state index in [9.17, 15) is 4.79 Å². The van der Waals surface area contributed by atoms with Crippen LogP contribution in [0.3, 0.4) is 0 Å². The van der Waals surface area contributed by atoms with Crippen LogP contribution in [-0.4, -0.2) is 36.9 Å². The third-order valence-electron chi connectivity index (χ3n) is 5.47. The van der Waals surface area contributed by atoms with Crippen LogP contribution >= 0.6 is 15.9 Å². The zero-order valence-electron chi connectivity index (χ0n) is 15.8. The molecule has 7 heteroatoms. The summed E-state index contributed by atoms with van der Waals surface area (Å²) in [6.07, 6.45) is 7.97. The van der Waals surface area contributed by atoms with E-state index < -0.39 is 0 Å². The van der Waals surface area contributed by atoms with Gasteiger partial charge in [-0.15, -0.1) is 0 Å². The Hall–Kier alpha value is -3.06. The molecule has 0 aliphatic carbocycles. The van der Waals surface area contributed by atoms with Crippen LogP contribution in [0.2, 0.25) is 0 Å². The van der Waals surface area contributed by atoms with Crippen molar-refractivity contribution < 1.29 is 4.79 Å². The minimum atomic E-state index is -0.0726. The number of aromatic nitrogens is 4. The normalized spacial score (nSPS) is 16.1. The zero-order chi connectivity index (χ0) is 20.0. The lowest BCUT2D eigenvalue weighted by Gasteiger charge is -2.36. The molecular formula is C22H18BrN5O. The lowest BCUT2D eigenvalue weighted by Crippen LogP contribution is -2.39. The molecule has 1 atom stereocenters. The Bertz CT molecular complexity index is 1220. The van der Waals surface area contributed by atoms with Gasteiger partial charge >= 0.3 is 0 Å². The summed E-state index contributed by atoms with van der Waals surface area (Å²) in [7, 11) is 0. The van der Waals surface area contributed by atoms with Crippen LogP contribution in [0.5, 0.6) is 0 Å². The van der Waals surface area contributed by atoms with Crippen molar-refractivity contribution in [2.75, 3.05) is 6.54 Å². The van der Waals surface area contributed by atoms with Gasteiger partial charge in [-0.25, -0.2) is 9.50 Å². The van der Waals surface area contributed by atoms with E-state index in [4.69, 9.17) is 0 Å². The molecule has 0 saturated carbocycles. The first-order chi connectivity index (χ1) is 14.1. The predicted octanol–water partition coefficient (Wildman–Crippen LogP) is 4.31. The Morgan fingerprint density at radius 2 is 2.10 bits per heavy atom. The number of fused-ring (bicyclic) bond motifs is 2. The molecule has 1 aliphatic rings. The molecule has 1 unspecified atom stereocenters. The van der Waals surface area contributed by atoms with Crippen molar-refractivity contribution in [2.45, 2.75) is 19.4 Å². The molecule has 6 nitrogen and oxygen atoms in total. The number of benzene rings is 1. The smallest absolute Gasteiger partial charge is 0.274 e. The SMILES string of the molecule is CC1c2cccc(-c3cccnc3)c2CCN1C(=O)c1cc2ncc(Br)cn2n1. The van der Waals surface area contributed by atoms with E-state index in [0.717, 1.165) is 16.5 Å². The molecule has 0 N–H and O–H groups in total. The van der Waals surface area contributed by atoms with Gasteiger partial charge < -0.3 is 4.90 Å². The fraction of sp³-hybridized carbons (Fsp3) is 0.182. The van der Waals surface area contributed by atoms with Gasteiger partial charge in [0.25, 0.3) is 5.91 Å². The number of amides is 1. The molecular weight excluding hydrogens is 430 g/mol. The number of hydrogen-bond donors (Lipinski definition) is 0. The molecule has 0 bridgehead atoms. The second-order valence-electron chi connectivity index (χ2n) is 7.14. The number of pyridine rings is 1. The van der Waals surface area contributed by atoms with Crippen LogP contribution in [0.15, 0.2) is 65.7 Å². The third kappa shape index (κ3) is 3.11. The van der Waals surface area contributed by atoms with Crippen molar-refractivity contribution >= 4 is 27.5 Å². The van der Waals surface area contributed by atoms with Crippen molar-refractivity contribution in [3.05, 3.63) is 82.5 Å². The minimum absolute atomic E-state index is 0.0348. The molecule has 144 valence electrons. The van der Waals surface area contributed by atoms with E-state index in [1.807, 2.05) is 17.2 Å². The van der Waals surface area contributed by atoms with Crippen molar-refractivity contribution in [1.29, 1.82) is 0 Å². The maximum Gasteiger partial charge on any atom is 0.274 e. The van der Waals surface area contributed by atoms with Gasteiger partial charge in [0, 0.05) is 43.0 Å². The molecule has 1 aliphatic heterocycles. The minimum Gasteiger partial charge on any atom is -0.330 e. The lowest BCUT2D eigenvalue weighted by atomic mass is 9.87. The Morgan fingerprint density at radius 3 is 2.93 bits per heavy atom. The van der Waals surface area contributed by atoms with E-state index in [1.54, 1.807) is 29.2 Å². The molecule has 1 amide bonds.